The first-order chi connectivity index (χ1) is 28.1. The topological polar surface area (TPSA) is 72.8 Å². The quantitative estimate of drug-likeness (QED) is 0.0377. The van der Waals surface area contributed by atoms with E-state index in [-0.39, 0.29) is 25.2 Å². The molecular weight excluding hydrogens is 705 g/mol. The van der Waals surface area contributed by atoms with Crippen LogP contribution in [0, 0.1) is 0 Å². The first-order valence-electron chi connectivity index (χ1n) is 25.4. The third-order valence-electron chi connectivity index (χ3n) is 11.5. The Morgan fingerprint density at radius 2 is 0.702 bits per heavy atom. The van der Waals surface area contributed by atoms with E-state index >= 15 is 0 Å². The first-order valence-corrected chi connectivity index (χ1v) is 25.4. The number of unbranched alkanes of at least 4 members (excludes halogenated alkanes) is 35. The van der Waals surface area contributed by atoms with Gasteiger partial charge in [-0.25, -0.2) is 0 Å². The smallest absolute Gasteiger partial charge is 0.306 e. The SMILES string of the molecule is CCCCCCC/C=C\C/C=C\CCCCCCCCCCCCCCCCCCCCCCCCCCCC(=O)OC(CO)COC(=O)CCCCCCCC. The van der Waals surface area contributed by atoms with E-state index in [0.717, 1.165) is 44.9 Å². The van der Waals surface area contributed by atoms with Crippen molar-refractivity contribution in [3.8, 4) is 0 Å². The summed E-state index contributed by atoms with van der Waals surface area (Å²) in [5, 5.41) is 9.52. The van der Waals surface area contributed by atoms with Gasteiger partial charge in [-0.2, -0.15) is 0 Å². The Balaban J connectivity index is 3.31. The van der Waals surface area contributed by atoms with Crippen LogP contribution in [0.3, 0.4) is 0 Å². The van der Waals surface area contributed by atoms with Crippen LogP contribution in [0.1, 0.15) is 277 Å². The fourth-order valence-electron chi connectivity index (χ4n) is 7.65. The van der Waals surface area contributed by atoms with Gasteiger partial charge >= 0.3 is 11.9 Å². The molecule has 0 aromatic carbocycles. The molecule has 5 nitrogen and oxygen atoms in total. The molecule has 0 amide bonds. The Labute approximate surface area is 355 Å². The lowest BCUT2D eigenvalue weighted by Gasteiger charge is -2.15. The second-order valence-corrected chi connectivity index (χ2v) is 17.3. The predicted octanol–water partition coefficient (Wildman–Crippen LogP) is 16.6. The summed E-state index contributed by atoms with van der Waals surface area (Å²) in [7, 11) is 0. The van der Waals surface area contributed by atoms with Crippen molar-refractivity contribution in [1.29, 1.82) is 0 Å². The number of ether oxygens (including phenoxy) is 2. The van der Waals surface area contributed by atoms with Crippen molar-refractivity contribution in [2.45, 2.75) is 283 Å². The van der Waals surface area contributed by atoms with Crippen LogP contribution in [0.4, 0.5) is 0 Å². The number of carbonyl (C=O) groups is 2. The van der Waals surface area contributed by atoms with Crippen LogP contribution in [0.2, 0.25) is 0 Å². The van der Waals surface area contributed by atoms with Gasteiger partial charge in [0.15, 0.2) is 6.10 Å². The van der Waals surface area contributed by atoms with E-state index in [4.69, 9.17) is 9.47 Å². The highest BCUT2D eigenvalue weighted by Crippen LogP contribution is 2.17. The highest BCUT2D eigenvalue weighted by atomic mass is 16.6. The van der Waals surface area contributed by atoms with Crippen LogP contribution in [-0.2, 0) is 19.1 Å². The number of hydrogen-bond donors (Lipinski definition) is 1. The number of carbonyl (C=O) groups excluding carboxylic acids is 2. The zero-order valence-corrected chi connectivity index (χ0v) is 38.4. The summed E-state index contributed by atoms with van der Waals surface area (Å²) in [6, 6.07) is 0. The maximum atomic E-state index is 12.2. The molecule has 0 rings (SSSR count). The molecule has 0 aliphatic heterocycles. The van der Waals surface area contributed by atoms with Gasteiger partial charge in [-0.3, -0.25) is 9.59 Å². The van der Waals surface area contributed by atoms with Crippen molar-refractivity contribution >= 4 is 11.9 Å². The molecule has 0 aromatic heterocycles. The van der Waals surface area contributed by atoms with Gasteiger partial charge in [0.25, 0.3) is 0 Å². The van der Waals surface area contributed by atoms with Crippen molar-refractivity contribution in [2.24, 2.45) is 0 Å². The van der Waals surface area contributed by atoms with E-state index in [1.165, 1.54) is 205 Å². The van der Waals surface area contributed by atoms with E-state index in [1.807, 2.05) is 0 Å². The van der Waals surface area contributed by atoms with Crippen molar-refractivity contribution < 1.29 is 24.2 Å². The monoisotopic (exact) mass is 803 g/mol. The highest BCUT2D eigenvalue weighted by molar-refractivity contribution is 5.70. The molecule has 1 N–H and O–H groups in total. The van der Waals surface area contributed by atoms with E-state index in [0.29, 0.717) is 12.8 Å². The fourth-order valence-corrected chi connectivity index (χ4v) is 7.65. The van der Waals surface area contributed by atoms with Gasteiger partial charge < -0.3 is 14.6 Å². The standard InChI is InChI=1S/C52H98O5/c1-3-5-7-9-11-12-13-14-15-16-17-18-19-20-21-22-23-24-25-26-27-28-29-30-31-32-33-34-35-36-37-38-39-40-41-43-45-47-52(55)57-50(48-53)49-56-51(54)46-44-42-10-8-6-4-2/h13-14,16-17,50,53H,3-12,15,18-49H2,1-2H3/b14-13-,17-16-. The van der Waals surface area contributed by atoms with Crippen molar-refractivity contribution in [2.75, 3.05) is 13.2 Å². The first kappa shape index (κ1) is 55.4. The molecule has 0 radical (unpaired) electrons. The van der Waals surface area contributed by atoms with E-state index in [1.54, 1.807) is 0 Å². The Morgan fingerprint density at radius 3 is 1.04 bits per heavy atom. The van der Waals surface area contributed by atoms with Crippen LogP contribution < -0.4 is 0 Å². The van der Waals surface area contributed by atoms with Crippen LogP contribution in [-0.4, -0.2) is 36.4 Å². The van der Waals surface area contributed by atoms with E-state index in [2.05, 4.69) is 38.2 Å². The number of aliphatic hydroxyl groups is 1. The van der Waals surface area contributed by atoms with Crippen molar-refractivity contribution in [3.05, 3.63) is 24.3 Å². The third kappa shape index (κ3) is 46.9. The Bertz CT molecular complexity index is 867. The second kappa shape index (κ2) is 48.7. The molecule has 5 heteroatoms. The lowest BCUT2D eigenvalue weighted by atomic mass is 10.0. The van der Waals surface area contributed by atoms with Crippen LogP contribution >= 0.6 is 0 Å². The molecule has 0 bridgehead atoms. The summed E-state index contributed by atoms with van der Waals surface area (Å²) in [6.45, 7) is 4.08. The molecule has 0 saturated heterocycles. The lowest BCUT2D eigenvalue weighted by molar-refractivity contribution is -0.161. The van der Waals surface area contributed by atoms with E-state index in [9.17, 15) is 14.7 Å². The summed E-state index contributed by atoms with van der Waals surface area (Å²) in [4.78, 5) is 24.1. The average Bonchev–Trinajstić information content (AvgIpc) is 3.21. The third-order valence-corrected chi connectivity index (χ3v) is 11.5. The van der Waals surface area contributed by atoms with Gasteiger partial charge in [-0.1, -0.05) is 244 Å². The minimum Gasteiger partial charge on any atom is -0.462 e. The van der Waals surface area contributed by atoms with Crippen molar-refractivity contribution in [1.82, 2.24) is 0 Å². The second-order valence-electron chi connectivity index (χ2n) is 17.3. The number of aliphatic hydroxyl groups excluding tert-OH is 1. The molecule has 0 fully saturated rings. The van der Waals surface area contributed by atoms with Gasteiger partial charge in [0.05, 0.1) is 6.61 Å². The zero-order valence-electron chi connectivity index (χ0n) is 38.4. The lowest BCUT2D eigenvalue weighted by Crippen LogP contribution is -2.28. The zero-order chi connectivity index (χ0) is 41.4. The number of allylic oxidation sites excluding steroid dienone is 4. The molecule has 1 unspecified atom stereocenters. The summed E-state index contributed by atoms with van der Waals surface area (Å²) in [5.41, 5.74) is 0. The Hall–Kier alpha value is -1.62. The van der Waals surface area contributed by atoms with Crippen molar-refractivity contribution in [3.63, 3.8) is 0 Å². The predicted molar refractivity (Wildman–Crippen MR) is 247 cm³/mol. The van der Waals surface area contributed by atoms with Crippen LogP contribution in [0.25, 0.3) is 0 Å². The molecule has 0 saturated carbocycles. The molecule has 0 aliphatic rings. The van der Waals surface area contributed by atoms with Gasteiger partial charge in [0, 0.05) is 12.8 Å². The molecule has 57 heavy (non-hydrogen) atoms. The average molecular weight is 803 g/mol. The largest absolute Gasteiger partial charge is 0.462 e. The summed E-state index contributed by atoms with van der Waals surface area (Å²) < 4.78 is 10.5. The molecule has 0 aromatic rings. The number of rotatable bonds is 47. The molecule has 0 spiro atoms. The minimum atomic E-state index is -0.762. The van der Waals surface area contributed by atoms with Gasteiger partial charge in [0.1, 0.15) is 6.61 Å². The molecule has 0 aliphatic carbocycles. The Morgan fingerprint density at radius 1 is 0.404 bits per heavy atom. The maximum absolute atomic E-state index is 12.2. The van der Waals surface area contributed by atoms with Crippen LogP contribution in [0.5, 0.6) is 0 Å². The summed E-state index contributed by atoms with van der Waals surface area (Å²) in [6.07, 6.45) is 60.5. The molecule has 1 atom stereocenters. The highest BCUT2D eigenvalue weighted by Gasteiger charge is 2.16. The van der Waals surface area contributed by atoms with E-state index < -0.39 is 6.10 Å². The van der Waals surface area contributed by atoms with Crippen LogP contribution in [0.15, 0.2) is 24.3 Å². The number of hydrogen-bond acceptors (Lipinski definition) is 5. The molecule has 336 valence electrons. The maximum Gasteiger partial charge on any atom is 0.306 e. The van der Waals surface area contributed by atoms with Gasteiger partial charge in [0.2, 0.25) is 0 Å². The fraction of sp³-hybridized carbons (Fsp3) is 0.885. The van der Waals surface area contributed by atoms with Gasteiger partial charge in [-0.15, -0.1) is 0 Å². The molecule has 0 heterocycles. The molecular formula is C52H98O5. The Kier molecular flexibility index (Phi) is 47.4. The normalized spacial score (nSPS) is 12.3. The minimum absolute atomic E-state index is 0.0606. The summed E-state index contributed by atoms with van der Waals surface area (Å²) in [5.74, 6) is -0.588. The number of esters is 2. The summed E-state index contributed by atoms with van der Waals surface area (Å²) >= 11 is 0. The van der Waals surface area contributed by atoms with Gasteiger partial charge in [-0.05, 0) is 44.9 Å².